The number of aromatic nitrogens is 1. The Morgan fingerprint density at radius 3 is 2.55 bits per heavy atom. The monoisotopic (exact) mass is 262 g/mol. The van der Waals surface area contributed by atoms with Crippen molar-refractivity contribution in [2.75, 3.05) is 6.54 Å². The van der Waals surface area contributed by atoms with Gasteiger partial charge in [0.05, 0.1) is 0 Å². The van der Waals surface area contributed by atoms with E-state index in [2.05, 4.69) is 58.8 Å². The molecule has 2 nitrogen and oxygen atoms in total. The number of nitrogens with one attached hydrogen (secondary N) is 1. The molecule has 0 atom stereocenters. The Bertz CT molecular complexity index is 677. The Morgan fingerprint density at radius 2 is 1.70 bits per heavy atom. The molecule has 0 spiro atoms. The van der Waals surface area contributed by atoms with Crippen molar-refractivity contribution < 1.29 is 0 Å². The smallest absolute Gasteiger partial charge is 0.0416 e. The topological polar surface area (TPSA) is 24.9 Å². The molecule has 100 valence electrons. The predicted molar refractivity (Wildman–Crippen MR) is 83.6 cm³/mol. The van der Waals surface area contributed by atoms with Crippen LogP contribution in [0.5, 0.6) is 0 Å². The lowest BCUT2D eigenvalue weighted by Gasteiger charge is -2.06. The third-order valence-corrected chi connectivity index (χ3v) is 3.43. The maximum atomic E-state index is 4.32. The zero-order valence-electron chi connectivity index (χ0n) is 11.4. The van der Waals surface area contributed by atoms with Crippen LogP contribution in [-0.2, 0) is 13.0 Å². The summed E-state index contributed by atoms with van der Waals surface area (Å²) in [4.78, 5) is 4.32. The van der Waals surface area contributed by atoms with Gasteiger partial charge in [0, 0.05) is 31.4 Å². The number of nitrogens with zero attached hydrogens (tertiary/aromatic N) is 1. The highest BCUT2D eigenvalue weighted by Crippen LogP contribution is 2.15. The zero-order chi connectivity index (χ0) is 13.6. The van der Waals surface area contributed by atoms with Crippen LogP contribution in [0, 0.1) is 0 Å². The molecule has 1 heterocycles. The van der Waals surface area contributed by atoms with Crippen LogP contribution in [0.25, 0.3) is 10.8 Å². The Balaban J connectivity index is 1.55. The molecule has 3 aromatic rings. The lowest BCUT2D eigenvalue weighted by Crippen LogP contribution is -2.17. The summed E-state index contributed by atoms with van der Waals surface area (Å²) in [5.41, 5.74) is 2.46. The molecule has 0 aliphatic rings. The summed E-state index contributed by atoms with van der Waals surface area (Å²) in [6.07, 6.45) is 2.81. The molecule has 1 aromatic heterocycles. The molecule has 0 saturated heterocycles. The van der Waals surface area contributed by atoms with Crippen molar-refractivity contribution in [3.8, 4) is 0 Å². The van der Waals surface area contributed by atoms with Gasteiger partial charge in [-0.25, -0.2) is 0 Å². The fraction of sp³-hybridized carbons (Fsp3) is 0.167. The molecular weight excluding hydrogens is 244 g/mol. The molecular formula is C18H18N2. The normalized spacial score (nSPS) is 10.8. The Labute approximate surface area is 119 Å². The second kappa shape index (κ2) is 6.31. The first-order valence-electron chi connectivity index (χ1n) is 7.00. The van der Waals surface area contributed by atoms with Gasteiger partial charge in [-0.2, -0.15) is 0 Å². The summed E-state index contributed by atoms with van der Waals surface area (Å²) in [7, 11) is 0. The van der Waals surface area contributed by atoms with Gasteiger partial charge in [0.15, 0.2) is 0 Å². The van der Waals surface area contributed by atoms with Crippen LogP contribution < -0.4 is 5.32 Å². The molecule has 0 amide bonds. The van der Waals surface area contributed by atoms with Crippen molar-refractivity contribution >= 4 is 10.8 Å². The van der Waals surface area contributed by atoms with E-state index in [1.807, 2.05) is 18.3 Å². The van der Waals surface area contributed by atoms with Gasteiger partial charge in [0.25, 0.3) is 0 Å². The zero-order valence-corrected chi connectivity index (χ0v) is 11.4. The lowest BCUT2D eigenvalue weighted by molar-refractivity contribution is 0.680. The van der Waals surface area contributed by atoms with Crippen LogP contribution in [0.2, 0.25) is 0 Å². The Morgan fingerprint density at radius 1 is 0.850 bits per heavy atom. The van der Waals surface area contributed by atoms with Gasteiger partial charge < -0.3 is 5.32 Å². The lowest BCUT2D eigenvalue weighted by atomic mass is 10.1. The van der Waals surface area contributed by atoms with Gasteiger partial charge in [-0.15, -0.1) is 0 Å². The molecule has 2 heteroatoms. The van der Waals surface area contributed by atoms with Crippen LogP contribution in [0.4, 0.5) is 0 Å². The Kier molecular flexibility index (Phi) is 4.04. The molecule has 0 radical (unpaired) electrons. The van der Waals surface area contributed by atoms with E-state index in [0.717, 1.165) is 25.2 Å². The first kappa shape index (κ1) is 12.8. The molecule has 20 heavy (non-hydrogen) atoms. The maximum Gasteiger partial charge on any atom is 0.0416 e. The van der Waals surface area contributed by atoms with E-state index in [0.29, 0.717) is 0 Å². The van der Waals surface area contributed by atoms with Crippen molar-refractivity contribution in [3.05, 3.63) is 78.1 Å². The average Bonchev–Trinajstić information content (AvgIpc) is 2.52. The molecule has 0 bridgehead atoms. The third-order valence-electron chi connectivity index (χ3n) is 3.43. The highest BCUT2D eigenvalue weighted by Gasteiger charge is 1.97. The van der Waals surface area contributed by atoms with Gasteiger partial charge in [-0.05, 0) is 34.5 Å². The number of benzene rings is 2. The Hall–Kier alpha value is -2.19. The van der Waals surface area contributed by atoms with Crippen molar-refractivity contribution in [1.29, 1.82) is 0 Å². The van der Waals surface area contributed by atoms with Crippen molar-refractivity contribution in [2.45, 2.75) is 13.0 Å². The molecule has 3 rings (SSSR count). The van der Waals surface area contributed by atoms with Gasteiger partial charge in [-0.1, -0.05) is 42.5 Å². The van der Waals surface area contributed by atoms with Crippen molar-refractivity contribution in [1.82, 2.24) is 10.3 Å². The predicted octanol–water partition coefficient (Wildman–Crippen LogP) is 3.57. The van der Waals surface area contributed by atoms with Crippen LogP contribution >= 0.6 is 0 Å². The van der Waals surface area contributed by atoms with Crippen molar-refractivity contribution in [3.63, 3.8) is 0 Å². The first-order valence-corrected chi connectivity index (χ1v) is 7.00. The highest BCUT2D eigenvalue weighted by molar-refractivity contribution is 5.82. The standard InChI is InChI=1S/C18H18N2/c1-2-6-17-13-15(8-9-16(17)5-1)14-19-12-10-18-7-3-4-11-20-18/h1-9,11,13,19H,10,12,14H2. The minimum atomic E-state index is 0.900. The van der Waals surface area contributed by atoms with Gasteiger partial charge >= 0.3 is 0 Å². The SMILES string of the molecule is c1ccc(CCNCc2ccc3ccccc3c2)nc1. The van der Waals surface area contributed by atoms with Gasteiger partial charge in [-0.3, -0.25) is 4.98 Å². The van der Waals surface area contributed by atoms with E-state index in [-0.39, 0.29) is 0 Å². The fourth-order valence-electron chi connectivity index (χ4n) is 2.34. The van der Waals surface area contributed by atoms with E-state index in [9.17, 15) is 0 Å². The molecule has 1 N–H and O–H groups in total. The average molecular weight is 262 g/mol. The largest absolute Gasteiger partial charge is 0.312 e. The molecule has 2 aromatic carbocycles. The summed E-state index contributed by atoms with van der Waals surface area (Å²) >= 11 is 0. The minimum absolute atomic E-state index is 0.900. The maximum absolute atomic E-state index is 4.32. The fourth-order valence-corrected chi connectivity index (χ4v) is 2.34. The van der Waals surface area contributed by atoms with Crippen LogP contribution in [-0.4, -0.2) is 11.5 Å². The van der Waals surface area contributed by atoms with E-state index < -0.39 is 0 Å². The van der Waals surface area contributed by atoms with Crippen molar-refractivity contribution in [2.24, 2.45) is 0 Å². The molecule has 0 aliphatic carbocycles. The molecule has 0 aliphatic heterocycles. The number of hydrogen-bond acceptors (Lipinski definition) is 2. The van der Waals surface area contributed by atoms with Crippen LogP contribution in [0.1, 0.15) is 11.3 Å². The molecule has 0 saturated carbocycles. The summed E-state index contributed by atoms with van der Waals surface area (Å²) in [5, 5.41) is 6.07. The van der Waals surface area contributed by atoms with E-state index in [4.69, 9.17) is 0 Å². The van der Waals surface area contributed by atoms with Crippen LogP contribution in [0.15, 0.2) is 66.9 Å². The summed E-state index contributed by atoms with van der Waals surface area (Å²) in [6, 6.07) is 21.1. The molecule has 0 unspecified atom stereocenters. The van der Waals surface area contributed by atoms with Crippen LogP contribution in [0.3, 0.4) is 0 Å². The quantitative estimate of drug-likeness (QED) is 0.711. The van der Waals surface area contributed by atoms with E-state index >= 15 is 0 Å². The van der Waals surface area contributed by atoms with Gasteiger partial charge in [0.2, 0.25) is 0 Å². The number of hydrogen-bond donors (Lipinski definition) is 1. The number of rotatable bonds is 5. The summed E-state index contributed by atoms with van der Waals surface area (Å²) in [6.45, 7) is 1.85. The first-order chi connectivity index (χ1) is 9.92. The number of fused-ring (bicyclic) bond motifs is 1. The van der Waals surface area contributed by atoms with E-state index in [1.54, 1.807) is 0 Å². The second-order valence-corrected chi connectivity index (χ2v) is 4.93. The minimum Gasteiger partial charge on any atom is -0.312 e. The highest BCUT2D eigenvalue weighted by atomic mass is 14.8. The number of pyridine rings is 1. The summed E-state index contributed by atoms with van der Waals surface area (Å²) < 4.78 is 0. The van der Waals surface area contributed by atoms with E-state index in [1.165, 1.54) is 16.3 Å². The molecule has 0 fully saturated rings. The summed E-state index contributed by atoms with van der Waals surface area (Å²) in [5.74, 6) is 0. The van der Waals surface area contributed by atoms with Gasteiger partial charge in [0.1, 0.15) is 0 Å². The second-order valence-electron chi connectivity index (χ2n) is 4.93. The third kappa shape index (κ3) is 3.22.